The molecule has 3 aromatic carbocycles. The molecule has 0 fully saturated rings. The number of amides is 2. The summed E-state index contributed by atoms with van der Waals surface area (Å²) < 4.78 is 25.6. The number of carbonyl (C=O) groups excluding carboxylic acids is 1. The molecule has 0 aliphatic rings. The van der Waals surface area contributed by atoms with Crippen LogP contribution in [0.2, 0.25) is 0 Å². The lowest BCUT2D eigenvalue weighted by Gasteiger charge is -2.09. The minimum Gasteiger partial charge on any atom is -0.334 e. The van der Waals surface area contributed by atoms with Crippen LogP contribution in [0.1, 0.15) is 11.1 Å². The van der Waals surface area contributed by atoms with E-state index in [0.717, 1.165) is 22.3 Å². The summed E-state index contributed by atoms with van der Waals surface area (Å²) in [5.41, 5.74) is 4.58. The summed E-state index contributed by atoms with van der Waals surface area (Å²) >= 11 is 0. The fraction of sp³-hybridized carbons (Fsp3) is 0.111. The van der Waals surface area contributed by atoms with Crippen LogP contribution in [0.15, 0.2) is 108 Å². The maximum atomic E-state index is 12.8. The van der Waals surface area contributed by atoms with Crippen LogP contribution < -0.4 is 10.6 Å². The van der Waals surface area contributed by atoms with Crippen LogP contribution in [0.25, 0.3) is 11.1 Å². The van der Waals surface area contributed by atoms with Crippen LogP contribution in [0.4, 0.5) is 10.5 Å². The first-order valence-electron chi connectivity index (χ1n) is 10.9. The summed E-state index contributed by atoms with van der Waals surface area (Å²) in [4.78, 5) is 16.3. The van der Waals surface area contributed by atoms with E-state index >= 15 is 0 Å². The van der Waals surface area contributed by atoms with E-state index in [1.54, 1.807) is 30.6 Å². The second-order valence-corrected chi connectivity index (χ2v) is 9.93. The Hall–Kier alpha value is -3.97. The number of nitrogens with zero attached hydrogens (tertiary/aromatic N) is 1. The Morgan fingerprint density at radius 2 is 1.47 bits per heavy atom. The van der Waals surface area contributed by atoms with Gasteiger partial charge in [0.15, 0.2) is 9.84 Å². The molecule has 0 radical (unpaired) electrons. The Bertz CT molecular complexity index is 1320. The summed E-state index contributed by atoms with van der Waals surface area (Å²) in [5.74, 6) is 0.00998. The fourth-order valence-electron chi connectivity index (χ4n) is 3.47. The highest BCUT2D eigenvalue weighted by atomic mass is 32.2. The standard InChI is InChI=1S/C27H25N3O3S/c31-27(29-20-22-5-4-17-28-19-22)30-25-12-14-26(15-13-25)34(32,33)18-16-21-8-10-24(11-9-21)23-6-2-1-3-7-23/h1-15,17,19H,16,18,20H2,(H2,29,30,31). The highest BCUT2D eigenvalue weighted by Gasteiger charge is 2.15. The zero-order valence-electron chi connectivity index (χ0n) is 18.5. The monoisotopic (exact) mass is 471 g/mol. The molecule has 0 aliphatic carbocycles. The fourth-order valence-corrected chi connectivity index (χ4v) is 4.76. The van der Waals surface area contributed by atoms with Crippen molar-refractivity contribution in [3.05, 3.63) is 115 Å². The van der Waals surface area contributed by atoms with Gasteiger partial charge in [-0.25, -0.2) is 13.2 Å². The number of sulfone groups is 1. The predicted molar refractivity (Wildman–Crippen MR) is 134 cm³/mol. The molecule has 172 valence electrons. The molecular weight excluding hydrogens is 446 g/mol. The Balaban J connectivity index is 1.30. The second-order valence-electron chi connectivity index (χ2n) is 7.83. The molecule has 1 heterocycles. The predicted octanol–water partition coefficient (Wildman–Crippen LogP) is 5.09. The molecule has 0 saturated heterocycles. The third kappa shape index (κ3) is 6.30. The number of rotatable bonds is 8. The molecule has 4 rings (SSSR count). The maximum absolute atomic E-state index is 12.8. The molecule has 0 spiro atoms. The smallest absolute Gasteiger partial charge is 0.319 e. The van der Waals surface area contributed by atoms with Crippen molar-refractivity contribution < 1.29 is 13.2 Å². The van der Waals surface area contributed by atoms with E-state index in [1.165, 1.54) is 12.1 Å². The van der Waals surface area contributed by atoms with E-state index < -0.39 is 9.84 Å². The molecule has 0 bridgehead atoms. The SMILES string of the molecule is O=C(NCc1cccnc1)Nc1ccc(S(=O)(=O)CCc2ccc(-c3ccccc3)cc2)cc1. The van der Waals surface area contributed by atoms with Crippen molar-refractivity contribution in [2.24, 2.45) is 0 Å². The van der Waals surface area contributed by atoms with E-state index in [4.69, 9.17) is 0 Å². The number of hydrogen-bond acceptors (Lipinski definition) is 4. The summed E-state index contributed by atoms with van der Waals surface area (Å²) in [6.45, 7) is 0.346. The first-order chi connectivity index (χ1) is 16.5. The van der Waals surface area contributed by atoms with Crippen LogP contribution >= 0.6 is 0 Å². The Morgan fingerprint density at radius 3 is 2.15 bits per heavy atom. The lowest BCUT2D eigenvalue weighted by molar-refractivity contribution is 0.251. The van der Waals surface area contributed by atoms with Crippen molar-refractivity contribution in [2.75, 3.05) is 11.1 Å². The molecule has 2 N–H and O–H groups in total. The number of pyridine rings is 1. The molecule has 0 saturated carbocycles. The van der Waals surface area contributed by atoms with Crippen LogP contribution in [0.5, 0.6) is 0 Å². The first-order valence-corrected chi connectivity index (χ1v) is 12.6. The van der Waals surface area contributed by atoms with Gasteiger partial charge >= 0.3 is 6.03 Å². The van der Waals surface area contributed by atoms with E-state index in [2.05, 4.69) is 15.6 Å². The van der Waals surface area contributed by atoms with Gasteiger partial charge < -0.3 is 10.6 Å². The van der Waals surface area contributed by atoms with Gasteiger partial charge in [0, 0.05) is 24.6 Å². The normalized spacial score (nSPS) is 11.1. The molecular formula is C27H25N3O3S. The van der Waals surface area contributed by atoms with Crippen molar-refractivity contribution in [1.82, 2.24) is 10.3 Å². The van der Waals surface area contributed by atoms with Gasteiger partial charge in [-0.3, -0.25) is 4.98 Å². The molecule has 0 aliphatic heterocycles. The summed E-state index contributed by atoms with van der Waals surface area (Å²) in [6, 6.07) is 27.5. The van der Waals surface area contributed by atoms with Gasteiger partial charge in [-0.1, -0.05) is 60.7 Å². The number of hydrogen-bond donors (Lipinski definition) is 2. The average Bonchev–Trinajstić information content (AvgIpc) is 2.88. The van der Waals surface area contributed by atoms with E-state index in [0.29, 0.717) is 18.7 Å². The Labute approximate surface area is 199 Å². The van der Waals surface area contributed by atoms with Gasteiger partial charge in [0.2, 0.25) is 0 Å². The van der Waals surface area contributed by atoms with Gasteiger partial charge in [-0.2, -0.15) is 0 Å². The van der Waals surface area contributed by atoms with Crippen molar-refractivity contribution in [3.8, 4) is 11.1 Å². The molecule has 6 nitrogen and oxygen atoms in total. The Morgan fingerprint density at radius 1 is 0.765 bits per heavy atom. The number of nitrogens with one attached hydrogen (secondary N) is 2. The number of anilines is 1. The van der Waals surface area contributed by atoms with Gasteiger partial charge in [-0.15, -0.1) is 0 Å². The van der Waals surface area contributed by atoms with Crippen LogP contribution in [0, 0.1) is 0 Å². The maximum Gasteiger partial charge on any atom is 0.319 e. The molecule has 0 unspecified atom stereocenters. The van der Waals surface area contributed by atoms with Gasteiger partial charge in [0.1, 0.15) is 0 Å². The third-order valence-corrected chi connectivity index (χ3v) is 7.10. The molecule has 34 heavy (non-hydrogen) atoms. The van der Waals surface area contributed by atoms with Crippen LogP contribution in [-0.4, -0.2) is 25.2 Å². The van der Waals surface area contributed by atoms with Gasteiger partial charge in [0.05, 0.1) is 10.6 Å². The van der Waals surface area contributed by atoms with Crippen molar-refractivity contribution >= 4 is 21.6 Å². The number of urea groups is 1. The summed E-state index contributed by atoms with van der Waals surface area (Å²) in [6.07, 6.45) is 3.77. The molecule has 1 aromatic heterocycles. The highest BCUT2D eigenvalue weighted by molar-refractivity contribution is 7.91. The van der Waals surface area contributed by atoms with E-state index in [-0.39, 0.29) is 16.7 Å². The minimum absolute atomic E-state index is 0.00998. The minimum atomic E-state index is -3.45. The molecule has 7 heteroatoms. The van der Waals surface area contributed by atoms with Gasteiger partial charge in [-0.05, 0) is 59.0 Å². The number of aryl methyl sites for hydroxylation is 1. The van der Waals surface area contributed by atoms with E-state index in [1.807, 2.05) is 60.7 Å². The number of carbonyl (C=O) groups is 1. The lowest BCUT2D eigenvalue weighted by Crippen LogP contribution is -2.28. The van der Waals surface area contributed by atoms with Crippen molar-refractivity contribution in [2.45, 2.75) is 17.9 Å². The largest absolute Gasteiger partial charge is 0.334 e. The molecule has 0 atom stereocenters. The second kappa shape index (κ2) is 10.8. The first kappa shape index (κ1) is 23.2. The van der Waals surface area contributed by atoms with Crippen molar-refractivity contribution in [3.63, 3.8) is 0 Å². The third-order valence-electron chi connectivity index (χ3n) is 5.37. The highest BCUT2D eigenvalue weighted by Crippen LogP contribution is 2.21. The zero-order chi connectivity index (χ0) is 23.8. The Kier molecular flexibility index (Phi) is 7.34. The van der Waals surface area contributed by atoms with Gasteiger partial charge in [0.25, 0.3) is 0 Å². The quantitative estimate of drug-likeness (QED) is 0.375. The topological polar surface area (TPSA) is 88.2 Å². The zero-order valence-corrected chi connectivity index (χ0v) is 19.3. The lowest BCUT2D eigenvalue weighted by atomic mass is 10.0. The number of benzene rings is 3. The average molecular weight is 472 g/mol. The van der Waals surface area contributed by atoms with Crippen LogP contribution in [0.3, 0.4) is 0 Å². The number of aromatic nitrogens is 1. The summed E-state index contributed by atoms with van der Waals surface area (Å²) in [5, 5.41) is 5.44. The summed E-state index contributed by atoms with van der Waals surface area (Å²) in [7, 11) is -3.45. The van der Waals surface area contributed by atoms with E-state index in [9.17, 15) is 13.2 Å². The van der Waals surface area contributed by atoms with Crippen molar-refractivity contribution in [1.29, 1.82) is 0 Å². The molecule has 4 aromatic rings. The molecule has 2 amide bonds. The van der Waals surface area contributed by atoms with Crippen LogP contribution in [-0.2, 0) is 22.8 Å².